The second-order valence-electron chi connectivity index (χ2n) is 4.86. The fourth-order valence-corrected chi connectivity index (χ4v) is 2.26. The standard InChI is InChI=1S/C16H14ClN3O/c1-11-3-2-8-20-10-14(19-15(11)20)16(21)18-9-12-4-6-13(17)7-5-12/h2-8,10H,9H2,1H3,(H,18,21). The van der Waals surface area contributed by atoms with E-state index in [1.807, 2.05) is 41.8 Å². The second kappa shape index (κ2) is 5.58. The lowest BCUT2D eigenvalue weighted by Gasteiger charge is -2.03. The van der Waals surface area contributed by atoms with E-state index in [9.17, 15) is 4.79 Å². The molecule has 3 aromatic rings. The Morgan fingerprint density at radius 3 is 2.76 bits per heavy atom. The maximum Gasteiger partial charge on any atom is 0.271 e. The number of imidazole rings is 1. The minimum atomic E-state index is -0.187. The number of carbonyl (C=O) groups excluding carboxylic acids is 1. The van der Waals surface area contributed by atoms with Crippen LogP contribution in [0.3, 0.4) is 0 Å². The number of hydrogen-bond acceptors (Lipinski definition) is 2. The molecule has 3 rings (SSSR count). The van der Waals surface area contributed by atoms with Crippen LogP contribution in [0, 0.1) is 6.92 Å². The number of benzene rings is 1. The molecule has 21 heavy (non-hydrogen) atoms. The van der Waals surface area contributed by atoms with Crippen LogP contribution in [0.5, 0.6) is 0 Å². The number of nitrogens with one attached hydrogen (secondary N) is 1. The number of halogens is 1. The smallest absolute Gasteiger partial charge is 0.271 e. The summed E-state index contributed by atoms with van der Waals surface area (Å²) in [5.41, 5.74) is 3.24. The van der Waals surface area contributed by atoms with Crippen molar-refractivity contribution in [3.8, 4) is 0 Å². The first-order valence-electron chi connectivity index (χ1n) is 6.60. The summed E-state index contributed by atoms with van der Waals surface area (Å²) in [6.07, 6.45) is 3.62. The van der Waals surface area contributed by atoms with Crippen molar-refractivity contribution in [1.29, 1.82) is 0 Å². The van der Waals surface area contributed by atoms with Crippen LogP contribution in [-0.4, -0.2) is 15.3 Å². The third-order valence-corrected chi connectivity index (χ3v) is 3.53. The zero-order chi connectivity index (χ0) is 14.8. The largest absolute Gasteiger partial charge is 0.347 e. The lowest BCUT2D eigenvalue weighted by molar-refractivity contribution is 0.0946. The monoisotopic (exact) mass is 299 g/mol. The Morgan fingerprint density at radius 2 is 2.05 bits per heavy atom. The molecule has 0 aliphatic heterocycles. The summed E-state index contributed by atoms with van der Waals surface area (Å²) in [7, 11) is 0. The molecule has 0 radical (unpaired) electrons. The van der Waals surface area contributed by atoms with Gasteiger partial charge in [-0.15, -0.1) is 0 Å². The minimum absolute atomic E-state index is 0.187. The zero-order valence-electron chi connectivity index (χ0n) is 11.5. The Balaban J connectivity index is 1.75. The molecule has 0 aliphatic rings. The molecule has 0 unspecified atom stereocenters. The summed E-state index contributed by atoms with van der Waals surface area (Å²) in [4.78, 5) is 16.5. The molecule has 0 bridgehead atoms. The van der Waals surface area contributed by atoms with Gasteiger partial charge in [-0.1, -0.05) is 29.8 Å². The molecule has 106 valence electrons. The van der Waals surface area contributed by atoms with Gasteiger partial charge in [0, 0.05) is 24.0 Å². The number of pyridine rings is 1. The van der Waals surface area contributed by atoms with Gasteiger partial charge in [0.15, 0.2) is 0 Å². The molecule has 0 saturated heterocycles. The number of carbonyl (C=O) groups is 1. The number of amides is 1. The fourth-order valence-electron chi connectivity index (χ4n) is 2.14. The number of aryl methyl sites for hydroxylation is 1. The summed E-state index contributed by atoms with van der Waals surface area (Å²) < 4.78 is 1.85. The highest BCUT2D eigenvalue weighted by Gasteiger charge is 2.11. The third-order valence-electron chi connectivity index (χ3n) is 3.28. The van der Waals surface area contributed by atoms with E-state index >= 15 is 0 Å². The highest BCUT2D eigenvalue weighted by atomic mass is 35.5. The number of hydrogen-bond donors (Lipinski definition) is 1. The number of fused-ring (bicyclic) bond motifs is 1. The number of nitrogens with zero attached hydrogens (tertiary/aromatic N) is 2. The van der Waals surface area contributed by atoms with Crippen LogP contribution in [0.2, 0.25) is 5.02 Å². The van der Waals surface area contributed by atoms with E-state index < -0.39 is 0 Å². The lowest BCUT2D eigenvalue weighted by atomic mass is 10.2. The summed E-state index contributed by atoms with van der Waals surface area (Å²) in [6, 6.07) is 11.3. The molecule has 0 saturated carbocycles. The van der Waals surface area contributed by atoms with Gasteiger partial charge < -0.3 is 9.72 Å². The Kier molecular flexibility index (Phi) is 3.62. The van der Waals surface area contributed by atoms with Gasteiger partial charge >= 0.3 is 0 Å². The second-order valence-corrected chi connectivity index (χ2v) is 5.29. The Morgan fingerprint density at radius 1 is 1.29 bits per heavy atom. The Hall–Kier alpha value is -2.33. The molecule has 4 nitrogen and oxygen atoms in total. The average molecular weight is 300 g/mol. The van der Waals surface area contributed by atoms with E-state index in [4.69, 9.17) is 11.6 Å². The van der Waals surface area contributed by atoms with Gasteiger partial charge in [-0.2, -0.15) is 0 Å². The predicted octanol–water partition coefficient (Wildman–Crippen LogP) is 3.23. The van der Waals surface area contributed by atoms with Crippen LogP contribution in [0.25, 0.3) is 5.65 Å². The highest BCUT2D eigenvalue weighted by molar-refractivity contribution is 6.30. The van der Waals surface area contributed by atoms with Crippen molar-refractivity contribution in [2.75, 3.05) is 0 Å². The van der Waals surface area contributed by atoms with Gasteiger partial charge in [-0.05, 0) is 36.2 Å². The summed E-state index contributed by atoms with van der Waals surface area (Å²) in [5, 5.41) is 3.54. The first-order valence-corrected chi connectivity index (χ1v) is 6.98. The molecule has 0 aliphatic carbocycles. The molecule has 0 atom stereocenters. The molecule has 1 aromatic carbocycles. The SMILES string of the molecule is Cc1cccn2cc(C(=O)NCc3ccc(Cl)cc3)nc12. The lowest BCUT2D eigenvalue weighted by Crippen LogP contribution is -2.23. The molecule has 1 amide bonds. The van der Waals surface area contributed by atoms with E-state index in [2.05, 4.69) is 10.3 Å². The maximum absolute atomic E-state index is 12.2. The molecule has 0 spiro atoms. The zero-order valence-corrected chi connectivity index (χ0v) is 12.3. The van der Waals surface area contributed by atoms with Crippen LogP contribution < -0.4 is 5.32 Å². The van der Waals surface area contributed by atoms with Crippen LogP contribution in [0.15, 0.2) is 48.8 Å². The Bertz CT molecular complexity index is 793. The van der Waals surface area contributed by atoms with Crippen molar-refractivity contribution in [3.63, 3.8) is 0 Å². The summed E-state index contributed by atoms with van der Waals surface area (Å²) >= 11 is 5.83. The predicted molar refractivity (Wildman–Crippen MR) is 82.6 cm³/mol. The molecule has 2 aromatic heterocycles. The summed E-state index contributed by atoms with van der Waals surface area (Å²) in [6.45, 7) is 2.42. The highest BCUT2D eigenvalue weighted by Crippen LogP contribution is 2.11. The Labute approximate surface area is 127 Å². The van der Waals surface area contributed by atoms with Crippen molar-refractivity contribution in [1.82, 2.24) is 14.7 Å². The van der Waals surface area contributed by atoms with Crippen LogP contribution in [0.4, 0.5) is 0 Å². The van der Waals surface area contributed by atoms with Crippen molar-refractivity contribution < 1.29 is 4.79 Å². The van der Waals surface area contributed by atoms with Crippen LogP contribution in [-0.2, 0) is 6.54 Å². The van der Waals surface area contributed by atoms with Crippen molar-refractivity contribution in [3.05, 3.63) is 70.6 Å². The number of aromatic nitrogens is 2. The van der Waals surface area contributed by atoms with Gasteiger partial charge in [-0.3, -0.25) is 4.79 Å². The van der Waals surface area contributed by atoms with Crippen molar-refractivity contribution >= 4 is 23.2 Å². The summed E-state index contributed by atoms with van der Waals surface area (Å²) in [5.74, 6) is -0.187. The van der Waals surface area contributed by atoms with Gasteiger partial charge in [0.1, 0.15) is 11.3 Å². The first kappa shape index (κ1) is 13.6. The first-order chi connectivity index (χ1) is 10.1. The van der Waals surface area contributed by atoms with E-state index in [1.54, 1.807) is 18.3 Å². The average Bonchev–Trinajstić information content (AvgIpc) is 2.92. The molecular weight excluding hydrogens is 286 g/mol. The quantitative estimate of drug-likeness (QED) is 0.807. The molecule has 2 heterocycles. The van der Waals surface area contributed by atoms with Crippen LogP contribution >= 0.6 is 11.6 Å². The van der Waals surface area contributed by atoms with E-state index in [0.717, 1.165) is 16.8 Å². The normalized spacial score (nSPS) is 10.8. The molecule has 5 heteroatoms. The van der Waals surface area contributed by atoms with E-state index in [0.29, 0.717) is 17.3 Å². The van der Waals surface area contributed by atoms with E-state index in [1.165, 1.54) is 0 Å². The van der Waals surface area contributed by atoms with E-state index in [-0.39, 0.29) is 5.91 Å². The van der Waals surface area contributed by atoms with Gasteiger partial charge in [0.2, 0.25) is 0 Å². The fraction of sp³-hybridized carbons (Fsp3) is 0.125. The van der Waals surface area contributed by atoms with Crippen molar-refractivity contribution in [2.45, 2.75) is 13.5 Å². The minimum Gasteiger partial charge on any atom is -0.347 e. The third kappa shape index (κ3) is 2.90. The van der Waals surface area contributed by atoms with Gasteiger partial charge in [0.25, 0.3) is 5.91 Å². The van der Waals surface area contributed by atoms with Crippen LogP contribution in [0.1, 0.15) is 21.6 Å². The number of rotatable bonds is 3. The topological polar surface area (TPSA) is 46.4 Å². The van der Waals surface area contributed by atoms with Gasteiger partial charge in [-0.25, -0.2) is 4.98 Å². The molecular formula is C16H14ClN3O. The molecule has 1 N–H and O–H groups in total. The van der Waals surface area contributed by atoms with Gasteiger partial charge in [0.05, 0.1) is 0 Å². The van der Waals surface area contributed by atoms with Crippen molar-refractivity contribution in [2.24, 2.45) is 0 Å². The molecule has 0 fully saturated rings. The maximum atomic E-state index is 12.2.